The highest BCUT2D eigenvalue weighted by atomic mass is 79.9. The van der Waals surface area contributed by atoms with Crippen molar-refractivity contribution in [3.05, 3.63) is 34.7 Å². The van der Waals surface area contributed by atoms with Gasteiger partial charge in [0, 0.05) is 22.6 Å². The van der Waals surface area contributed by atoms with Gasteiger partial charge in [-0.15, -0.1) is 0 Å². The molecule has 3 aromatic heterocycles. The van der Waals surface area contributed by atoms with E-state index < -0.39 is 0 Å². The summed E-state index contributed by atoms with van der Waals surface area (Å²) in [7, 11) is 0. The molecule has 1 N–H and O–H groups in total. The van der Waals surface area contributed by atoms with Crippen LogP contribution in [0.15, 0.2) is 34.3 Å². The highest BCUT2D eigenvalue weighted by Crippen LogP contribution is 2.20. The van der Waals surface area contributed by atoms with Crippen molar-refractivity contribution in [2.24, 2.45) is 0 Å². The number of hydrogen-bond acceptors (Lipinski definition) is 4. The summed E-state index contributed by atoms with van der Waals surface area (Å²) in [5.74, 6) is 0.919. The number of aromatic amines is 1. The zero-order valence-electron chi connectivity index (χ0n) is 10.3. The molecule has 0 unspecified atom stereocenters. The fourth-order valence-corrected chi connectivity index (χ4v) is 2.88. The number of rotatable bonds is 4. The predicted octanol–water partition coefficient (Wildman–Crippen LogP) is 3.02. The van der Waals surface area contributed by atoms with Crippen molar-refractivity contribution < 1.29 is 0 Å². The zero-order valence-corrected chi connectivity index (χ0v) is 12.7. The second-order valence-electron chi connectivity index (χ2n) is 4.20. The lowest BCUT2D eigenvalue weighted by molar-refractivity contribution is 0.665. The quantitative estimate of drug-likeness (QED) is 0.743. The van der Waals surface area contributed by atoms with Crippen LogP contribution >= 0.6 is 27.7 Å². The first-order valence-electron chi connectivity index (χ1n) is 5.84. The van der Waals surface area contributed by atoms with Crippen molar-refractivity contribution in [2.45, 2.75) is 18.6 Å². The van der Waals surface area contributed by atoms with Gasteiger partial charge in [-0.1, -0.05) is 11.8 Å². The number of aromatic nitrogens is 5. The molecule has 0 bridgehead atoms. The van der Waals surface area contributed by atoms with E-state index in [2.05, 4.69) is 36.0 Å². The Bertz CT molecular complexity index is 705. The molecule has 0 aliphatic rings. The smallest absolute Gasteiger partial charge is 0.178 e. The Morgan fingerprint density at radius 2 is 2.32 bits per heavy atom. The van der Waals surface area contributed by atoms with Gasteiger partial charge in [-0.3, -0.25) is 4.68 Å². The van der Waals surface area contributed by atoms with Crippen molar-refractivity contribution in [2.75, 3.05) is 5.75 Å². The van der Waals surface area contributed by atoms with Crippen LogP contribution in [-0.4, -0.2) is 30.5 Å². The first-order valence-corrected chi connectivity index (χ1v) is 7.62. The van der Waals surface area contributed by atoms with Crippen molar-refractivity contribution >= 4 is 38.9 Å². The van der Waals surface area contributed by atoms with Gasteiger partial charge in [-0.2, -0.15) is 5.10 Å². The molecular weight excluding hydrogens is 326 g/mol. The molecule has 19 heavy (non-hydrogen) atoms. The van der Waals surface area contributed by atoms with Gasteiger partial charge < -0.3 is 4.98 Å². The third-order valence-electron chi connectivity index (χ3n) is 2.60. The van der Waals surface area contributed by atoms with Gasteiger partial charge in [0.2, 0.25) is 0 Å². The summed E-state index contributed by atoms with van der Waals surface area (Å²) in [4.78, 5) is 11.9. The minimum atomic E-state index is 0.751. The van der Waals surface area contributed by atoms with Gasteiger partial charge in [-0.25, -0.2) is 9.97 Å². The highest BCUT2D eigenvalue weighted by molar-refractivity contribution is 9.10. The SMILES string of the molecule is Cc1cnn(CCSc2nc3ncc(Br)cc3[nH]2)c1. The van der Waals surface area contributed by atoms with Gasteiger partial charge in [0.05, 0.1) is 18.3 Å². The van der Waals surface area contributed by atoms with Crippen LogP contribution in [0.3, 0.4) is 0 Å². The van der Waals surface area contributed by atoms with E-state index in [0.717, 1.165) is 33.1 Å². The maximum Gasteiger partial charge on any atom is 0.178 e. The summed E-state index contributed by atoms with van der Waals surface area (Å²) in [6.45, 7) is 2.91. The molecule has 0 fully saturated rings. The molecule has 3 heterocycles. The molecule has 0 radical (unpaired) electrons. The lowest BCUT2D eigenvalue weighted by atomic mass is 10.4. The number of halogens is 1. The normalized spacial score (nSPS) is 11.3. The molecule has 0 aliphatic heterocycles. The standard InChI is InChI=1S/C12H12BrN5S/c1-8-5-15-18(7-8)2-3-19-12-16-10-4-9(13)6-14-11(10)17-12/h4-7H,2-3H2,1H3,(H,14,16,17). The second kappa shape index (κ2) is 5.34. The number of hydrogen-bond donors (Lipinski definition) is 1. The number of pyridine rings is 1. The first kappa shape index (κ1) is 12.7. The summed E-state index contributed by atoms with van der Waals surface area (Å²) in [6.07, 6.45) is 5.66. The fourth-order valence-electron chi connectivity index (χ4n) is 1.75. The number of imidazole rings is 1. The molecule has 0 aliphatic carbocycles. The Labute approximate surface area is 123 Å². The van der Waals surface area contributed by atoms with E-state index in [1.54, 1.807) is 18.0 Å². The molecular formula is C12H12BrN5S. The lowest BCUT2D eigenvalue weighted by Gasteiger charge is -1.98. The van der Waals surface area contributed by atoms with Crippen LogP contribution in [0.1, 0.15) is 5.56 Å². The molecule has 5 nitrogen and oxygen atoms in total. The Morgan fingerprint density at radius 1 is 1.42 bits per heavy atom. The van der Waals surface area contributed by atoms with E-state index in [4.69, 9.17) is 0 Å². The summed E-state index contributed by atoms with van der Waals surface area (Å²) in [5.41, 5.74) is 2.88. The molecule has 0 amide bonds. The Morgan fingerprint density at radius 3 is 3.11 bits per heavy atom. The molecule has 0 aromatic carbocycles. The van der Waals surface area contributed by atoms with E-state index in [-0.39, 0.29) is 0 Å². The number of aryl methyl sites for hydroxylation is 2. The van der Waals surface area contributed by atoms with Gasteiger partial charge in [0.25, 0.3) is 0 Å². The topological polar surface area (TPSA) is 59.4 Å². The third kappa shape index (κ3) is 2.98. The maximum atomic E-state index is 4.44. The van der Waals surface area contributed by atoms with Crippen LogP contribution in [-0.2, 0) is 6.54 Å². The maximum absolute atomic E-state index is 4.44. The molecule has 7 heteroatoms. The monoisotopic (exact) mass is 337 g/mol. The van der Waals surface area contributed by atoms with Crippen LogP contribution in [0.2, 0.25) is 0 Å². The van der Waals surface area contributed by atoms with Crippen LogP contribution < -0.4 is 0 Å². The zero-order chi connectivity index (χ0) is 13.2. The number of nitrogens with one attached hydrogen (secondary N) is 1. The largest absolute Gasteiger partial charge is 0.332 e. The minimum absolute atomic E-state index is 0.751. The van der Waals surface area contributed by atoms with Crippen molar-refractivity contribution in [1.29, 1.82) is 0 Å². The van der Waals surface area contributed by atoms with Gasteiger partial charge in [0.1, 0.15) is 0 Å². The molecule has 0 saturated heterocycles. The van der Waals surface area contributed by atoms with Gasteiger partial charge >= 0.3 is 0 Å². The molecule has 3 rings (SSSR count). The fraction of sp³-hybridized carbons (Fsp3) is 0.250. The van der Waals surface area contributed by atoms with Gasteiger partial charge in [0.15, 0.2) is 10.8 Å². The van der Waals surface area contributed by atoms with Crippen molar-refractivity contribution in [1.82, 2.24) is 24.7 Å². The molecule has 0 spiro atoms. The predicted molar refractivity (Wildman–Crippen MR) is 79.3 cm³/mol. The molecule has 3 aromatic rings. The lowest BCUT2D eigenvalue weighted by Crippen LogP contribution is -2.00. The van der Waals surface area contributed by atoms with Crippen LogP contribution in [0.25, 0.3) is 11.2 Å². The summed E-state index contributed by atoms with van der Waals surface area (Å²) < 4.78 is 2.90. The minimum Gasteiger partial charge on any atom is -0.332 e. The second-order valence-corrected chi connectivity index (χ2v) is 6.20. The molecule has 0 atom stereocenters. The molecule has 98 valence electrons. The number of thioether (sulfide) groups is 1. The number of H-pyrrole nitrogens is 1. The third-order valence-corrected chi connectivity index (χ3v) is 3.89. The first-order chi connectivity index (χ1) is 9.20. The van der Waals surface area contributed by atoms with E-state index in [0.29, 0.717) is 0 Å². The average molecular weight is 338 g/mol. The Kier molecular flexibility index (Phi) is 3.56. The summed E-state index contributed by atoms with van der Waals surface area (Å²) in [6, 6.07) is 1.98. The summed E-state index contributed by atoms with van der Waals surface area (Å²) in [5, 5.41) is 5.15. The van der Waals surface area contributed by atoms with Crippen LogP contribution in [0, 0.1) is 6.92 Å². The number of nitrogens with zero attached hydrogens (tertiary/aromatic N) is 4. The average Bonchev–Trinajstić information content (AvgIpc) is 2.95. The van der Waals surface area contributed by atoms with Crippen molar-refractivity contribution in [3.8, 4) is 0 Å². The number of fused-ring (bicyclic) bond motifs is 1. The van der Waals surface area contributed by atoms with Crippen LogP contribution in [0.4, 0.5) is 0 Å². The van der Waals surface area contributed by atoms with Gasteiger partial charge in [-0.05, 0) is 34.5 Å². The van der Waals surface area contributed by atoms with E-state index in [9.17, 15) is 0 Å². The van der Waals surface area contributed by atoms with Crippen molar-refractivity contribution in [3.63, 3.8) is 0 Å². The van der Waals surface area contributed by atoms with E-state index in [1.165, 1.54) is 5.56 Å². The highest BCUT2D eigenvalue weighted by Gasteiger charge is 2.05. The Hall–Kier alpha value is -1.34. The Balaban J connectivity index is 1.65. The van der Waals surface area contributed by atoms with E-state index >= 15 is 0 Å². The van der Waals surface area contributed by atoms with E-state index in [1.807, 2.05) is 30.1 Å². The molecule has 0 saturated carbocycles. The van der Waals surface area contributed by atoms with Crippen LogP contribution in [0.5, 0.6) is 0 Å². The summed E-state index contributed by atoms with van der Waals surface area (Å²) >= 11 is 5.07.